The van der Waals surface area contributed by atoms with Gasteiger partial charge in [0.1, 0.15) is 36.9 Å². The van der Waals surface area contributed by atoms with E-state index in [2.05, 4.69) is 44.3 Å². The van der Waals surface area contributed by atoms with Gasteiger partial charge in [0, 0.05) is 17.1 Å². The zero-order valence-corrected chi connectivity index (χ0v) is 22.5. The molecule has 0 aliphatic rings. The molecule has 0 aromatic heterocycles. The Labute approximate surface area is 214 Å². The third kappa shape index (κ3) is 8.29. The molecular formula is C30H38O6. The lowest BCUT2D eigenvalue weighted by atomic mass is 9.91. The summed E-state index contributed by atoms with van der Waals surface area (Å²) >= 11 is 0. The Hall–Kier alpha value is -3.54. The van der Waals surface area contributed by atoms with Crippen molar-refractivity contribution < 1.29 is 28.5 Å². The van der Waals surface area contributed by atoms with Crippen LogP contribution >= 0.6 is 0 Å². The first-order valence-corrected chi connectivity index (χ1v) is 12.1. The highest BCUT2D eigenvalue weighted by atomic mass is 16.6. The predicted octanol–water partition coefficient (Wildman–Crippen LogP) is 6.23. The number of ether oxygens (including phenoxy) is 4. The molecule has 2 unspecified atom stereocenters. The number of carbonyl (C=O) groups excluding carboxylic acids is 2. The highest BCUT2D eigenvalue weighted by Gasteiger charge is 2.15. The van der Waals surface area contributed by atoms with E-state index in [0.717, 1.165) is 33.8 Å². The summed E-state index contributed by atoms with van der Waals surface area (Å²) in [5.74, 6) is 0.839. The van der Waals surface area contributed by atoms with E-state index in [9.17, 15) is 9.59 Å². The molecule has 2 atom stereocenters. The zero-order chi connectivity index (χ0) is 27.0. The van der Waals surface area contributed by atoms with Crippen LogP contribution in [-0.4, -0.2) is 37.4 Å². The molecule has 0 saturated heterocycles. The molecule has 2 aromatic rings. The summed E-state index contributed by atoms with van der Waals surface area (Å²) in [7, 11) is 0. The van der Waals surface area contributed by atoms with Crippen LogP contribution in [0.1, 0.15) is 62.8 Å². The molecule has 0 spiro atoms. The van der Waals surface area contributed by atoms with Crippen molar-refractivity contribution >= 4 is 11.9 Å². The van der Waals surface area contributed by atoms with Crippen molar-refractivity contribution in [1.29, 1.82) is 0 Å². The Balaban J connectivity index is 2.00. The van der Waals surface area contributed by atoms with Gasteiger partial charge in [0.15, 0.2) is 0 Å². The van der Waals surface area contributed by atoms with Crippen LogP contribution < -0.4 is 9.47 Å². The molecule has 0 bridgehead atoms. The molecule has 0 heterocycles. The van der Waals surface area contributed by atoms with Gasteiger partial charge in [-0.3, -0.25) is 0 Å². The van der Waals surface area contributed by atoms with Crippen LogP contribution in [0.4, 0.5) is 0 Å². The van der Waals surface area contributed by atoms with Crippen molar-refractivity contribution in [2.75, 3.05) is 13.2 Å². The second-order valence-electron chi connectivity index (χ2n) is 9.39. The number of carbonyl (C=O) groups is 2. The second-order valence-corrected chi connectivity index (χ2v) is 9.39. The molecule has 2 aromatic carbocycles. The smallest absolute Gasteiger partial charge is 0.333 e. The Morgan fingerprint density at radius 1 is 0.722 bits per heavy atom. The Bertz CT molecular complexity index is 1030. The highest BCUT2D eigenvalue weighted by molar-refractivity contribution is 5.87. The Kier molecular flexibility index (Phi) is 10.3. The lowest BCUT2D eigenvalue weighted by molar-refractivity contribution is -0.145. The molecule has 0 fully saturated rings. The number of aryl methyl sites for hydroxylation is 2. The van der Waals surface area contributed by atoms with E-state index >= 15 is 0 Å². The molecule has 6 heteroatoms. The molecule has 36 heavy (non-hydrogen) atoms. The summed E-state index contributed by atoms with van der Waals surface area (Å²) < 4.78 is 22.3. The third-order valence-electron chi connectivity index (χ3n) is 5.66. The van der Waals surface area contributed by atoms with Gasteiger partial charge in [-0.05, 0) is 75.9 Å². The second kappa shape index (κ2) is 13.0. The van der Waals surface area contributed by atoms with E-state index in [-0.39, 0.29) is 31.3 Å². The molecule has 0 amide bonds. The molecule has 2 rings (SSSR count). The minimum atomic E-state index is -0.417. The zero-order valence-electron chi connectivity index (χ0n) is 22.5. The van der Waals surface area contributed by atoms with Gasteiger partial charge in [-0.15, -0.1) is 0 Å². The first-order valence-electron chi connectivity index (χ1n) is 12.1. The third-order valence-corrected chi connectivity index (χ3v) is 5.66. The van der Waals surface area contributed by atoms with Gasteiger partial charge < -0.3 is 18.9 Å². The van der Waals surface area contributed by atoms with Gasteiger partial charge in [0.05, 0.1) is 0 Å². The first-order chi connectivity index (χ1) is 16.9. The predicted molar refractivity (Wildman–Crippen MR) is 142 cm³/mol. The van der Waals surface area contributed by atoms with E-state index in [0.29, 0.717) is 11.1 Å². The number of benzene rings is 2. The van der Waals surface area contributed by atoms with Crippen molar-refractivity contribution in [3.05, 3.63) is 83.0 Å². The van der Waals surface area contributed by atoms with Crippen LogP contribution in [0, 0.1) is 13.8 Å². The Morgan fingerprint density at radius 2 is 1.08 bits per heavy atom. The lowest BCUT2D eigenvalue weighted by Crippen LogP contribution is -2.22. The topological polar surface area (TPSA) is 71.1 Å². The molecular weight excluding hydrogens is 456 g/mol. The van der Waals surface area contributed by atoms with Crippen molar-refractivity contribution in [2.24, 2.45) is 0 Å². The van der Waals surface area contributed by atoms with Gasteiger partial charge >= 0.3 is 11.9 Å². The number of rotatable bonds is 12. The maximum atomic E-state index is 11.7. The number of hydrogen-bond acceptors (Lipinski definition) is 6. The molecule has 6 nitrogen and oxygen atoms in total. The largest absolute Gasteiger partial charge is 0.489 e. The fraction of sp³-hybridized carbons (Fsp3) is 0.400. The average molecular weight is 495 g/mol. The molecule has 0 N–H and O–H groups in total. The van der Waals surface area contributed by atoms with Crippen molar-refractivity contribution in [1.82, 2.24) is 0 Å². The quantitative estimate of drug-likeness (QED) is 0.257. The normalized spacial score (nSPS) is 13.2. The van der Waals surface area contributed by atoms with Crippen molar-refractivity contribution in [3.8, 4) is 11.5 Å². The van der Waals surface area contributed by atoms with Crippen LogP contribution in [-0.2, 0) is 19.1 Å². The van der Waals surface area contributed by atoms with Crippen LogP contribution in [0.5, 0.6) is 11.5 Å². The van der Waals surface area contributed by atoms with Crippen LogP contribution in [0.2, 0.25) is 0 Å². The molecule has 0 aliphatic heterocycles. The van der Waals surface area contributed by atoms with E-state index in [1.807, 2.05) is 26.0 Å². The summed E-state index contributed by atoms with van der Waals surface area (Å²) in [6, 6.07) is 12.2. The summed E-state index contributed by atoms with van der Waals surface area (Å²) in [6.45, 7) is 20.7. The lowest BCUT2D eigenvalue weighted by Gasteiger charge is -2.19. The van der Waals surface area contributed by atoms with E-state index < -0.39 is 11.9 Å². The SMILES string of the molecule is C=C(C)C(=O)OC(C)COc1ccc(C(C)c2ccc(OCC(C)OC(=O)C(=C)C)c(C)c2)cc1C. The van der Waals surface area contributed by atoms with Crippen LogP contribution in [0.15, 0.2) is 60.7 Å². The van der Waals surface area contributed by atoms with Gasteiger partial charge in [-0.2, -0.15) is 0 Å². The van der Waals surface area contributed by atoms with E-state index in [1.54, 1.807) is 27.7 Å². The minimum absolute atomic E-state index is 0.163. The average Bonchev–Trinajstić information content (AvgIpc) is 2.81. The van der Waals surface area contributed by atoms with Crippen LogP contribution in [0.3, 0.4) is 0 Å². The monoisotopic (exact) mass is 494 g/mol. The maximum Gasteiger partial charge on any atom is 0.333 e. The molecule has 194 valence electrons. The standard InChI is InChI=1S/C30H38O6/c1-18(2)29(31)35-22(7)16-33-27-12-10-25(14-20(27)5)24(9)26-11-13-28(21(6)15-26)34-17-23(8)36-30(32)19(3)4/h10-15,22-24H,1,3,16-17H2,2,4-9H3. The summed E-state index contributed by atoms with van der Waals surface area (Å²) in [4.78, 5) is 23.3. The fourth-order valence-electron chi connectivity index (χ4n) is 3.45. The summed E-state index contributed by atoms with van der Waals surface area (Å²) in [5.41, 5.74) is 5.07. The van der Waals surface area contributed by atoms with E-state index in [4.69, 9.17) is 18.9 Å². The van der Waals surface area contributed by atoms with Crippen molar-refractivity contribution in [2.45, 2.75) is 66.6 Å². The number of hydrogen-bond donors (Lipinski definition) is 0. The fourth-order valence-corrected chi connectivity index (χ4v) is 3.45. The minimum Gasteiger partial charge on any atom is -0.489 e. The Morgan fingerprint density at radius 3 is 1.39 bits per heavy atom. The van der Waals surface area contributed by atoms with Gasteiger partial charge in [-0.25, -0.2) is 9.59 Å². The summed E-state index contributed by atoms with van der Waals surface area (Å²) in [6.07, 6.45) is -0.755. The molecule has 0 saturated carbocycles. The van der Waals surface area contributed by atoms with Crippen LogP contribution in [0.25, 0.3) is 0 Å². The maximum absolute atomic E-state index is 11.7. The highest BCUT2D eigenvalue weighted by Crippen LogP contribution is 2.31. The molecule has 0 aliphatic carbocycles. The van der Waals surface area contributed by atoms with E-state index in [1.165, 1.54) is 0 Å². The number of esters is 2. The summed E-state index contributed by atoms with van der Waals surface area (Å²) in [5, 5.41) is 0. The van der Waals surface area contributed by atoms with Crippen molar-refractivity contribution in [3.63, 3.8) is 0 Å². The first kappa shape index (κ1) is 28.7. The van der Waals surface area contributed by atoms with Gasteiger partial charge in [0.25, 0.3) is 0 Å². The molecule has 0 radical (unpaired) electrons. The van der Waals surface area contributed by atoms with Gasteiger partial charge in [0.2, 0.25) is 0 Å². The van der Waals surface area contributed by atoms with Gasteiger partial charge in [-0.1, -0.05) is 44.3 Å².